The van der Waals surface area contributed by atoms with E-state index in [1.807, 2.05) is 31.4 Å². The molecule has 3 aromatic heterocycles. The Bertz CT molecular complexity index is 817. The minimum absolute atomic E-state index is 0.0531. The van der Waals surface area contributed by atoms with Gasteiger partial charge in [0.25, 0.3) is 11.8 Å². The molecule has 3 heterocycles. The number of rotatable bonds is 5. The zero-order chi connectivity index (χ0) is 16.2. The zero-order valence-electron chi connectivity index (χ0n) is 12.6. The Morgan fingerprint density at radius 3 is 3.00 bits per heavy atom. The van der Waals surface area contributed by atoms with E-state index in [4.69, 9.17) is 4.42 Å². The number of carbonyl (C=O) groups is 1. The minimum atomic E-state index is -0.328. The van der Waals surface area contributed by atoms with Crippen molar-refractivity contribution in [1.29, 1.82) is 0 Å². The highest BCUT2D eigenvalue weighted by molar-refractivity contribution is 7.10. The van der Waals surface area contributed by atoms with Crippen molar-refractivity contribution in [2.24, 2.45) is 0 Å². The van der Waals surface area contributed by atoms with E-state index in [0.29, 0.717) is 11.6 Å². The van der Waals surface area contributed by atoms with Crippen LogP contribution in [-0.2, 0) is 4.79 Å². The van der Waals surface area contributed by atoms with Gasteiger partial charge in [-0.25, -0.2) is 0 Å². The predicted molar refractivity (Wildman–Crippen MR) is 87.9 cm³/mol. The van der Waals surface area contributed by atoms with E-state index in [2.05, 4.69) is 20.6 Å². The number of hydrogen-bond donors (Lipinski definition) is 1. The van der Waals surface area contributed by atoms with Crippen molar-refractivity contribution in [2.75, 3.05) is 5.32 Å². The summed E-state index contributed by atoms with van der Waals surface area (Å²) in [6.07, 6.45) is 4.82. The molecule has 0 unspecified atom stereocenters. The van der Waals surface area contributed by atoms with Crippen molar-refractivity contribution >= 4 is 29.3 Å². The first-order valence-corrected chi connectivity index (χ1v) is 7.91. The lowest BCUT2D eigenvalue weighted by molar-refractivity contribution is -0.112. The number of hydrogen-bond acceptors (Lipinski definition) is 6. The lowest BCUT2D eigenvalue weighted by Crippen LogP contribution is -2.07. The van der Waals surface area contributed by atoms with Gasteiger partial charge in [-0.2, -0.15) is 5.10 Å². The number of nitrogens with zero attached hydrogens (tertiary/aromatic N) is 4. The van der Waals surface area contributed by atoms with Gasteiger partial charge in [-0.05, 0) is 37.4 Å². The first kappa shape index (κ1) is 15.2. The summed E-state index contributed by atoms with van der Waals surface area (Å²) < 4.78 is 7.25. The molecule has 0 bridgehead atoms. The highest BCUT2D eigenvalue weighted by Gasteiger charge is 2.15. The molecule has 3 rings (SSSR count). The molecule has 1 amide bonds. The van der Waals surface area contributed by atoms with Crippen molar-refractivity contribution in [1.82, 2.24) is 20.0 Å². The first-order valence-electron chi connectivity index (χ1n) is 7.03. The van der Waals surface area contributed by atoms with E-state index in [1.165, 1.54) is 6.08 Å². The van der Waals surface area contributed by atoms with Crippen LogP contribution in [0, 0.1) is 0 Å². The van der Waals surface area contributed by atoms with Gasteiger partial charge in [-0.15, -0.1) is 16.4 Å². The van der Waals surface area contributed by atoms with Gasteiger partial charge < -0.3 is 4.42 Å². The van der Waals surface area contributed by atoms with Crippen LogP contribution in [0.2, 0.25) is 0 Å². The second-order valence-electron chi connectivity index (χ2n) is 5.01. The molecule has 7 nitrogen and oxygen atoms in total. The summed E-state index contributed by atoms with van der Waals surface area (Å²) in [5, 5.41) is 16.5. The number of thiophene rings is 1. The summed E-state index contributed by atoms with van der Waals surface area (Å²) in [5.41, 5.74) is 0.710. The average molecular weight is 329 g/mol. The minimum Gasteiger partial charge on any atom is -0.401 e. The predicted octanol–water partition coefficient (Wildman–Crippen LogP) is 3.23. The molecule has 0 saturated carbocycles. The second kappa shape index (κ2) is 6.57. The van der Waals surface area contributed by atoms with Crippen molar-refractivity contribution in [3.63, 3.8) is 0 Å². The lowest BCUT2D eigenvalue weighted by atomic mass is 10.3. The fourth-order valence-corrected chi connectivity index (χ4v) is 2.58. The summed E-state index contributed by atoms with van der Waals surface area (Å²) in [6, 6.07) is 5.85. The zero-order valence-corrected chi connectivity index (χ0v) is 13.4. The first-order chi connectivity index (χ1) is 11.1. The van der Waals surface area contributed by atoms with Crippen molar-refractivity contribution in [3.05, 3.63) is 40.7 Å². The van der Waals surface area contributed by atoms with E-state index in [9.17, 15) is 4.79 Å². The maximum atomic E-state index is 11.8. The third-order valence-electron chi connectivity index (χ3n) is 2.98. The number of amides is 1. The van der Waals surface area contributed by atoms with Gasteiger partial charge >= 0.3 is 6.01 Å². The Labute approximate surface area is 136 Å². The second-order valence-corrected chi connectivity index (χ2v) is 5.98. The fourth-order valence-electron chi connectivity index (χ4n) is 1.96. The van der Waals surface area contributed by atoms with Gasteiger partial charge in [0.05, 0.1) is 0 Å². The van der Waals surface area contributed by atoms with Gasteiger partial charge in [0.1, 0.15) is 5.69 Å². The standard InChI is InChI=1S/C15H15N5O2S/c1-10(2)20-12(7-8-16-20)14-18-19-15(22-14)17-13(21)6-5-11-4-3-9-23-11/h3-10H,1-2H3,(H,17,19,21). The largest absolute Gasteiger partial charge is 0.401 e. The van der Waals surface area contributed by atoms with Gasteiger partial charge in [-0.1, -0.05) is 11.2 Å². The lowest BCUT2D eigenvalue weighted by Gasteiger charge is -2.07. The SMILES string of the molecule is CC(C)n1nccc1-c1nnc(NC(=O)C=Cc2cccs2)o1. The molecular weight excluding hydrogens is 314 g/mol. The molecular formula is C15H15N5O2S. The van der Waals surface area contributed by atoms with Gasteiger partial charge in [0.2, 0.25) is 0 Å². The Morgan fingerprint density at radius 1 is 1.39 bits per heavy atom. The third-order valence-corrected chi connectivity index (χ3v) is 3.81. The van der Waals surface area contributed by atoms with Gasteiger partial charge in [0, 0.05) is 23.2 Å². The summed E-state index contributed by atoms with van der Waals surface area (Å²) in [5.74, 6) is -0.0142. The van der Waals surface area contributed by atoms with Crippen molar-refractivity contribution in [3.8, 4) is 11.6 Å². The molecule has 0 aromatic carbocycles. The van der Waals surface area contributed by atoms with Crippen LogP contribution < -0.4 is 5.32 Å². The van der Waals surface area contributed by atoms with Crippen LogP contribution in [-0.4, -0.2) is 25.9 Å². The monoisotopic (exact) mass is 329 g/mol. The van der Waals surface area contributed by atoms with Crippen LogP contribution in [0.5, 0.6) is 0 Å². The summed E-state index contributed by atoms with van der Waals surface area (Å²) in [6.45, 7) is 4.01. The maximum absolute atomic E-state index is 11.8. The van der Waals surface area contributed by atoms with Crippen molar-refractivity contribution < 1.29 is 9.21 Å². The highest BCUT2D eigenvalue weighted by atomic mass is 32.1. The normalized spacial score (nSPS) is 11.4. The summed E-state index contributed by atoms with van der Waals surface area (Å²) in [7, 11) is 0. The number of carbonyl (C=O) groups excluding carboxylic acids is 1. The molecule has 8 heteroatoms. The Kier molecular flexibility index (Phi) is 4.33. The molecule has 0 spiro atoms. The highest BCUT2D eigenvalue weighted by Crippen LogP contribution is 2.22. The topological polar surface area (TPSA) is 85.8 Å². The van der Waals surface area contributed by atoms with Gasteiger partial charge in [0.15, 0.2) is 0 Å². The van der Waals surface area contributed by atoms with Crippen LogP contribution in [0.3, 0.4) is 0 Å². The molecule has 23 heavy (non-hydrogen) atoms. The van der Waals surface area contributed by atoms with Gasteiger partial charge in [-0.3, -0.25) is 14.8 Å². The third kappa shape index (κ3) is 3.54. The quantitative estimate of drug-likeness (QED) is 0.726. The molecule has 0 aliphatic rings. The van der Waals surface area contributed by atoms with Crippen molar-refractivity contribution in [2.45, 2.75) is 19.9 Å². The Balaban J connectivity index is 1.70. The van der Waals surface area contributed by atoms with Crippen LogP contribution in [0.1, 0.15) is 24.8 Å². The average Bonchev–Trinajstić information content (AvgIpc) is 3.25. The molecule has 0 aliphatic heterocycles. The Morgan fingerprint density at radius 2 is 2.26 bits per heavy atom. The molecule has 0 aliphatic carbocycles. The van der Waals surface area contributed by atoms with E-state index in [-0.39, 0.29) is 18.0 Å². The van der Waals surface area contributed by atoms with Crippen LogP contribution in [0.25, 0.3) is 17.7 Å². The van der Waals surface area contributed by atoms with E-state index in [0.717, 1.165) is 4.88 Å². The fraction of sp³-hybridized carbons (Fsp3) is 0.200. The molecule has 1 N–H and O–H groups in total. The maximum Gasteiger partial charge on any atom is 0.322 e. The number of nitrogens with one attached hydrogen (secondary N) is 1. The van der Waals surface area contributed by atoms with Crippen LogP contribution in [0.4, 0.5) is 6.01 Å². The van der Waals surface area contributed by atoms with Crippen LogP contribution in [0.15, 0.2) is 40.3 Å². The molecule has 0 atom stereocenters. The molecule has 118 valence electrons. The van der Waals surface area contributed by atoms with E-state index < -0.39 is 0 Å². The van der Waals surface area contributed by atoms with E-state index >= 15 is 0 Å². The van der Waals surface area contributed by atoms with E-state index in [1.54, 1.807) is 34.4 Å². The molecule has 3 aromatic rings. The number of aromatic nitrogens is 4. The summed E-state index contributed by atoms with van der Waals surface area (Å²) >= 11 is 1.55. The summed E-state index contributed by atoms with van der Waals surface area (Å²) in [4.78, 5) is 12.8. The molecule has 0 radical (unpaired) electrons. The smallest absolute Gasteiger partial charge is 0.322 e. The molecule has 0 fully saturated rings. The van der Waals surface area contributed by atoms with Crippen LogP contribution >= 0.6 is 11.3 Å². The molecule has 0 saturated heterocycles. The number of anilines is 1. The Hall–Kier alpha value is -2.74.